The van der Waals surface area contributed by atoms with E-state index >= 15 is 0 Å². The van der Waals surface area contributed by atoms with E-state index in [1.54, 1.807) is 6.33 Å². The Hall–Kier alpha value is -2.24. The number of H-pyrrole nitrogens is 1. The third kappa shape index (κ3) is 3.11. The molecule has 23 heavy (non-hydrogen) atoms. The Balaban J connectivity index is 1.51. The van der Waals surface area contributed by atoms with Crippen molar-refractivity contribution < 1.29 is 0 Å². The van der Waals surface area contributed by atoms with E-state index in [1.165, 1.54) is 17.5 Å². The van der Waals surface area contributed by atoms with Gasteiger partial charge in [-0.1, -0.05) is 24.3 Å². The van der Waals surface area contributed by atoms with Crippen molar-refractivity contribution in [3.8, 4) is 11.3 Å². The highest BCUT2D eigenvalue weighted by Gasteiger charge is 2.16. The highest BCUT2D eigenvalue weighted by atomic mass is 15.1. The van der Waals surface area contributed by atoms with Crippen LogP contribution in [0.1, 0.15) is 18.4 Å². The van der Waals surface area contributed by atoms with E-state index in [2.05, 4.69) is 50.2 Å². The van der Waals surface area contributed by atoms with Crippen LogP contribution in [0.4, 0.5) is 0 Å². The van der Waals surface area contributed by atoms with Crippen LogP contribution in [0.3, 0.4) is 0 Å². The summed E-state index contributed by atoms with van der Waals surface area (Å²) >= 11 is 0. The van der Waals surface area contributed by atoms with Crippen molar-refractivity contribution in [2.45, 2.75) is 25.4 Å². The SMILES string of the molecule is NC1CCCN(Cc2ccc(-c3cc4cncnc4[nH]3)cc2)C1. The van der Waals surface area contributed by atoms with Gasteiger partial charge in [0, 0.05) is 36.4 Å². The van der Waals surface area contributed by atoms with Crippen LogP contribution in [-0.4, -0.2) is 39.0 Å². The van der Waals surface area contributed by atoms with Crippen molar-refractivity contribution in [1.82, 2.24) is 19.9 Å². The van der Waals surface area contributed by atoms with Crippen molar-refractivity contribution in [3.05, 3.63) is 48.4 Å². The molecular formula is C18H21N5. The molecule has 3 aromatic rings. The summed E-state index contributed by atoms with van der Waals surface area (Å²) in [6.45, 7) is 3.13. The summed E-state index contributed by atoms with van der Waals surface area (Å²) in [4.78, 5) is 14.1. The van der Waals surface area contributed by atoms with Gasteiger partial charge in [-0.25, -0.2) is 9.97 Å². The number of likely N-dealkylation sites (tertiary alicyclic amines) is 1. The highest BCUT2D eigenvalue weighted by molar-refractivity contribution is 5.82. The molecule has 0 aliphatic carbocycles. The molecule has 1 aliphatic heterocycles. The Morgan fingerprint density at radius 1 is 1.26 bits per heavy atom. The van der Waals surface area contributed by atoms with Gasteiger partial charge >= 0.3 is 0 Å². The molecule has 2 aromatic heterocycles. The van der Waals surface area contributed by atoms with E-state index < -0.39 is 0 Å². The fourth-order valence-corrected chi connectivity index (χ4v) is 3.31. The largest absolute Gasteiger partial charge is 0.339 e. The maximum Gasteiger partial charge on any atom is 0.141 e. The lowest BCUT2D eigenvalue weighted by molar-refractivity contribution is 0.201. The lowest BCUT2D eigenvalue weighted by atomic mass is 10.0. The average Bonchev–Trinajstić information content (AvgIpc) is 2.99. The Morgan fingerprint density at radius 3 is 2.91 bits per heavy atom. The Labute approximate surface area is 135 Å². The third-order valence-electron chi connectivity index (χ3n) is 4.51. The van der Waals surface area contributed by atoms with Crippen LogP contribution in [0.2, 0.25) is 0 Å². The predicted octanol–water partition coefficient (Wildman–Crippen LogP) is 2.55. The molecule has 118 valence electrons. The first-order chi connectivity index (χ1) is 11.3. The Morgan fingerprint density at radius 2 is 2.13 bits per heavy atom. The van der Waals surface area contributed by atoms with Gasteiger partial charge in [0.2, 0.25) is 0 Å². The molecule has 3 heterocycles. The zero-order chi connectivity index (χ0) is 15.6. The van der Waals surface area contributed by atoms with E-state index in [1.807, 2.05) is 6.20 Å². The first-order valence-electron chi connectivity index (χ1n) is 8.14. The van der Waals surface area contributed by atoms with Crippen LogP contribution < -0.4 is 5.73 Å². The number of nitrogens with two attached hydrogens (primary N) is 1. The molecule has 5 nitrogen and oxygen atoms in total. The van der Waals surface area contributed by atoms with E-state index in [0.29, 0.717) is 6.04 Å². The Kier molecular flexibility index (Phi) is 3.81. The van der Waals surface area contributed by atoms with Gasteiger partial charge in [0.25, 0.3) is 0 Å². The molecule has 1 atom stereocenters. The summed E-state index contributed by atoms with van der Waals surface area (Å²) in [6.07, 6.45) is 5.75. The second-order valence-corrected chi connectivity index (χ2v) is 6.34. The number of fused-ring (bicyclic) bond motifs is 1. The molecule has 1 saturated heterocycles. The number of hydrogen-bond acceptors (Lipinski definition) is 4. The van der Waals surface area contributed by atoms with Crippen LogP contribution in [0.5, 0.6) is 0 Å². The second-order valence-electron chi connectivity index (χ2n) is 6.34. The number of hydrogen-bond donors (Lipinski definition) is 2. The topological polar surface area (TPSA) is 70.8 Å². The molecule has 0 radical (unpaired) electrons. The van der Waals surface area contributed by atoms with E-state index in [4.69, 9.17) is 5.73 Å². The van der Waals surface area contributed by atoms with Gasteiger partial charge in [-0.05, 0) is 36.6 Å². The number of aromatic amines is 1. The first kappa shape index (κ1) is 14.4. The van der Waals surface area contributed by atoms with Crippen molar-refractivity contribution in [2.75, 3.05) is 13.1 Å². The Bertz CT molecular complexity index is 760. The van der Waals surface area contributed by atoms with Gasteiger partial charge in [-0.2, -0.15) is 0 Å². The van der Waals surface area contributed by atoms with E-state index in [0.717, 1.165) is 42.8 Å². The first-order valence-corrected chi connectivity index (χ1v) is 8.14. The van der Waals surface area contributed by atoms with Gasteiger partial charge in [-0.15, -0.1) is 0 Å². The lowest BCUT2D eigenvalue weighted by Crippen LogP contribution is -2.42. The van der Waals surface area contributed by atoms with Crippen LogP contribution in [0.25, 0.3) is 22.3 Å². The lowest BCUT2D eigenvalue weighted by Gasteiger charge is -2.30. The van der Waals surface area contributed by atoms with E-state index in [9.17, 15) is 0 Å². The van der Waals surface area contributed by atoms with Gasteiger partial charge < -0.3 is 10.7 Å². The van der Waals surface area contributed by atoms with Gasteiger partial charge in [0.1, 0.15) is 12.0 Å². The maximum atomic E-state index is 6.06. The summed E-state index contributed by atoms with van der Waals surface area (Å²) in [6, 6.07) is 11.2. The molecule has 3 N–H and O–H groups in total. The molecule has 1 aromatic carbocycles. The standard InChI is InChI=1S/C18H21N5/c19-16-2-1-7-23(11-16)10-13-3-5-14(6-4-13)17-8-15-9-20-12-21-18(15)22-17/h3-6,8-9,12,16H,1-2,7,10-11,19H2,(H,20,21,22). The van der Waals surface area contributed by atoms with Crippen molar-refractivity contribution >= 4 is 11.0 Å². The third-order valence-corrected chi connectivity index (χ3v) is 4.51. The maximum absolute atomic E-state index is 6.06. The van der Waals surface area contributed by atoms with Crippen LogP contribution in [0.15, 0.2) is 42.9 Å². The second kappa shape index (κ2) is 6.10. The quantitative estimate of drug-likeness (QED) is 0.780. The minimum atomic E-state index is 0.329. The van der Waals surface area contributed by atoms with Crippen molar-refractivity contribution in [1.29, 1.82) is 0 Å². The normalized spacial score (nSPS) is 19.3. The van der Waals surface area contributed by atoms with Crippen LogP contribution in [0, 0.1) is 0 Å². The van der Waals surface area contributed by atoms with Gasteiger partial charge in [0.05, 0.1) is 0 Å². The minimum Gasteiger partial charge on any atom is -0.339 e. The summed E-state index contributed by atoms with van der Waals surface area (Å²) in [5.74, 6) is 0. The zero-order valence-electron chi connectivity index (χ0n) is 13.1. The molecular weight excluding hydrogens is 286 g/mol. The predicted molar refractivity (Wildman–Crippen MR) is 91.8 cm³/mol. The van der Waals surface area contributed by atoms with E-state index in [-0.39, 0.29) is 0 Å². The van der Waals surface area contributed by atoms with Crippen molar-refractivity contribution in [2.24, 2.45) is 5.73 Å². The summed E-state index contributed by atoms with van der Waals surface area (Å²) in [7, 11) is 0. The number of rotatable bonds is 3. The molecule has 1 fully saturated rings. The summed E-state index contributed by atoms with van der Waals surface area (Å²) < 4.78 is 0. The van der Waals surface area contributed by atoms with Crippen LogP contribution in [-0.2, 0) is 6.54 Å². The fourth-order valence-electron chi connectivity index (χ4n) is 3.31. The molecule has 1 unspecified atom stereocenters. The molecule has 0 spiro atoms. The van der Waals surface area contributed by atoms with Gasteiger partial charge in [-0.3, -0.25) is 4.90 Å². The highest BCUT2D eigenvalue weighted by Crippen LogP contribution is 2.23. The number of aromatic nitrogens is 3. The zero-order valence-corrected chi connectivity index (χ0v) is 13.1. The monoisotopic (exact) mass is 307 g/mol. The minimum absolute atomic E-state index is 0.329. The molecule has 5 heteroatoms. The fraction of sp³-hybridized carbons (Fsp3) is 0.333. The molecule has 0 saturated carbocycles. The van der Waals surface area contributed by atoms with Gasteiger partial charge in [0.15, 0.2) is 0 Å². The number of benzene rings is 1. The smallest absolute Gasteiger partial charge is 0.141 e. The number of nitrogens with one attached hydrogen (secondary N) is 1. The molecule has 0 bridgehead atoms. The molecule has 1 aliphatic rings. The summed E-state index contributed by atoms with van der Waals surface area (Å²) in [5, 5.41) is 1.04. The van der Waals surface area contributed by atoms with Crippen LogP contribution >= 0.6 is 0 Å². The summed E-state index contributed by atoms with van der Waals surface area (Å²) in [5.41, 5.74) is 10.5. The van der Waals surface area contributed by atoms with Crippen molar-refractivity contribution in [3.63, 3.8) is 0 Å². The average molecular weight is 307 g/mol. The molecule has 0 amide bonds. The number of piperidine rings is 1. The molecule has 4 rings (SSSR count). The number of nitrogens with zero attached hydrogens (tertiary/aromatic N) is 3.